The number of fused-ring (bicyclic) bond motifs is 1. The minimum Gasteiger partial charge on any atom is -0.348 e. The number of hydrogen-bond donors (Lipinski definition) is 1. The molecule has 1 atom stereocenters. The Bertz CT molecular complexity index is 1470. The normalized spacial score (nSPS) is 21.3. The molecule has 3 aliphatic rings. The number of carbonyl (C=O) groups is 2. The van der Waals surface area contributed by atoms with Gasteiger partial charge in [-0.2, -0.15) is 5.26 Å². The van der Waals surface area contributed by atoms with Gasteiger partial charge in [0.05, 0.1) is 16.4 Å². The van der Waals surface area contributed by atoms with Crippen LogP contribution in [0.2, 0.25) is 0 Å². The highest BCUT2D eigenvalue weighted by atomic mass is 32.2. The molecule has 1 aromatic carbocycles. The standard InChI is InChI=1S/C24H22F2N4O5S/c25-24(26)11-19(24)36(34,35)23(7-8-23)14-29-9-10-30-18(22(29)33)6-5-17(21(30)32)20(31)28-13-16-3-1-15(12-27)2-4-16/h1-6,19H,7-11,13-14H2,(H,28,31)/t19-/m1/s1. The summed E-state index contributed by atoms with van der Waals surface area (Å²) in [4.78, 5) is 39.9. The van der Waals surface area contributed by atoms with Crippen LogP contribution < -0.4 is 10.9 Å². The first kappa shape index (κ1) is 24.1. The highest BCUT2D eigenvalue weighted by Crippen LogP contribution is 2.56. The van der Waals surface area contributed by atoms with Crippen molar-refractivity contribution in [2.45, 2.75) is 48.3 Å². The van der Waals surface area contributed by atoms with Crippen LogP contribution in [0, 0.1) is 11.3 Å². The van der Waals surface area contributed by atoms with Gasteiger partial charge < -0.3 is 14.8 Å². The number of hydrogen-bond acceptors (Lipinski definition) is 6. The van der Waals surface area contributed by atoms with Crippen molar-refractivity contribution < 1.29 is 26.8 Å². The number of aromatic nitrogens is 1. The molecule has 12 heteroatoms. The molecule has 0 bridgehead atoms. The number of amides is 2. The van der Waals surface area contributed by atoms with Crippen molar-refractivity contribution in [3.05, 3.63) is 69.1 Å². The van der Waals surface area contributed by atoms with E-state index in [2.05, 4.69) is 5.32 Å². The summed E-state index contributed by atoms with van der Waals surface area (Å²) in [6.45, 7) is 0.0174. The molecule has 1 N–H and O–H groups in total. The third-order valence-electron chi connectivity index (χ3n) is 7.09. The number of nitriles is 1. The molecule has 0 spiro atoms. The molecule has 2 heterocycles. The molecular weight excluding hydrogens is 494 g/mol. The number of pyridine rings is 1. The molecule has 36 heavy (non-hydrogen) atoms. The van der Waals surface area contributed by atoms with Crippen molar-refractivity contribution in [1.82, 2.24) is 14.8 Å². The fourth-order valence-electron chi connectivity index (χ4n) is 4.62. The van der Waals surface area contributed by atoms with Crippen molar-refractivity contribution in [3.63, 3.8) is 0 Å². The minimum absolute atomic E-state index is 0.0137. The number of alkyl halides is 2. The summed E-state index contributed by atoms with van der Waals surface area (Å²) in [5, 5.41) is 9.81. The minimum atomic E-state index is -4.10. The molecule has 2 aromatic rings. The van der Waals surface area contributed by atoms with E-state index in [1.807, 2.05) is 6.07 Å². The van der Waals surface area contributed by atoms with E-state index in [0.717, 1.165) is 5.56 Å². The van der Waals surface area contributed by atoms with E-state index in [9.17, 15) is 31.6 Å². The maximum Gasteiger partial charge on any atom is 0.270 e. The summed E-state index contributed by atoms with van der Waals surface area (Å²) in [6, 6.07) is 11.2. The smallest absolute Gasteiger partial charge is 0.270 e. The van der Waals surface area contributed by atoms with Gasteiger partial charge in [0.1, 0.15) is 16.5 Å². The molecule has 2 saturated carbocycles. The van der Waals surface area contributed by atoms with Gasteiger partial charge in [-0.1, -0.05) is 12.1 Å². The van der Waals surface area contributed by atoms with Crippen LogP contribution in [0.1, 0.15) is 51.2 Å². The number of benzene rings is 1. The van der Waals surface area contributed by atoms with Gasteiger partial charge in [-0.3, -0.25) is 14.4 Å². The largest absolute Gasteiger partial charge is 0.348 e. The van der Waals surface area contributed by atoms with E-state index in [1.165, 1.54) is 21.6 Å². The van der Waals surface area contributed by atoms with E-state index in [1.54, 1.807) is 24.3 Å². The molecule has 188 valence electrons. The molecule has 0 unspecified atom stereocenters. The number of sulfone groups is 1. The Morgan fingerprint density at radius 2 is 1.78 bits per heavy atom. The van der Waals surface area contributed by atoms with Crippen molar-refractivity contribution in [1.29, 1.82) is 5.26 Å². The van der Waals surface area contributed by atoms with E-state index in [4.69, 9.17) is 5.26 Å². The lowest BCUT2D eigenvalue weighted by atomic mass is 10.1. The van der Waals surface area contributed by atoms with Gasteiger partial charge in [0.25, 0.3) is 23.3 Å². The molecule has 2 aliphatic carbocycles. The third-order valence-corrected chi connectivity index (χ3v) is 10.1. The molecule has 1 aromatic heterocycles. The predicted octanol–water partition coefficient (Wildman–Crippen LogP) is 1.46. The van der Waals surface area contributed by atoms with Gasteiger partial charge in [-0.05, 0) is 42.7 Å². The monoisotopic (exact) mass is 516 g/mol. The zero-order valence-electron chi connectivity index (χ0n) is 19.0. The van der Waals surface area contributed by atoms with E-state index in [0.29, 0.717) is 5.56 Å². The number of rotatable bonds is 7. The molecule has 5 rings (SSSR count). The molecular formula is C24H22F2N4O5S. The first-order valence-electron chi connectivity index (χ1n) is 11.4. The van der Waals surface area contributed by atoms with Crippen LogP contribution >= 0.6 is 0 Å². The number of carbonyl (C=O) groups excluding carboxylic acids is 2. The summed E-state index contributed by atoms with van der Waals surface area (Å²) >= 11 is 0. The van der Waals surface area contributed by atoms with Crippen LogP contribution in [-0.2, 0) is 22.9 Å². The fourth-order valence-corrected chi connectivity index (χ4v) is 7.12. The lowest BCUT2D eigenvalue weighted by Crippen LogP contribution is -2.50. The van der Waals surface area contributed by atoms with E-state index < -0.39 is 49.6 Å². The summed E-state index contributed by atoms with van der Waals surface area (Å²) in [6.07, 6.45) is -0.243. The first-order chi connectivity index (χ1) is 17.0. The van der Waals surface area contributed by atoms with Crippen molar-refractivity contribution in [2.75, 3.05) is 13.1 Å². The predicted molar refractivity (Wildman–Crippen MR) is 123 cm³/mol. The van der Waals surface area contributed by atoms with E-state index >= 15 is 0 Å². The summed E-state index contributed by atoms with van der Waals surface area (Å²) in [5.74, 6) is -4.41. The Morgan fingerprint density at radius 1 is 1.11 bits per heavy atom. The fraction of sp³-hybridized carbons (Fsp3) is 0.417. The van der Waals surface area contributed by atoms with Gasteiger partial charge in [-0.15, -0.1) is 0 Å². The topological polar surface area (TPSA) is 129 Å². The Labute approximate surface area is 205 Å². The quantitative estimate of drug-likeness (QED) is 0.593. The van der Waals surface area contributed by atoms with Crippen LogP contribution in [0.25, 0.3) is 0 Å². The molecule has 0 radical (unpaired) electrons. The van der Waals surface area contributed by atoms with Crippen LogP contribution in [-0.4, -0.2) is 58.7 Å². The zero-order valence-corrected chi connectivity index (χ0v) is 19.9. The maximum absolute atomic E-state index is 13.5. The Kier molecular flexibility index (Phi) is 5.51. The SMILES string of the molecule is N#Cc1ccc(CNC(=O)c2ccc3n(c2=O)CCN(CC2(S(=O)(=O)[C@@H]4CC4(F)F)CC2)C3=O)cc1. The highest BCUT2D eigenvalue weighted by Gasteiger charge is 2.71. The maximum atomic E-state index is 13.5. The summed E-state index contributed by atoms with van der Waals surface area (Å²) < 4.78 is 52.3. The van der Waals surface area contributed by atoms with Crippen molar-refractivity contribution in [2.24, 2.45) is 0 Å². The Balaban J connectivity index is 1.29. The third kappa shape index (κ3) is 3.97. The number of nitrogens with zero attached hydrogens (tertiary/aromatic N) is 3. The van der Waals surface area contributed by atoms with Crippen LogP contribution in [0.4, 0.5) is 8.78 Å². The zero-order chi connectivity index (χ0) is 25.9. The van der Waals surface area contributed by atoms with Gasteiger partial charge in [-0.25, -0.2) is 17.2 Å². The van der Waals surface area contributed by atoms with Gasteiger partial charge in [0.2, 0.25) is 0 Å². The number of halogens is 2. The second-order valence-corrected chi connectivity index (χ2v) is 12.0. The van der Waals surface area contributed by atoms with Crippen molar-refractivity contribution >= 4 is 21.7 Å². The molecule has 9 nitrogen and oxygen atoms in total. The lowest BCUT2D eigenvalue weighted by molar-refractivity contribution is 0.0694. The lowest BCUT2D eigenvalue weighted by Gasteiger charge is -2.32. The molecule has 1 aliphatic heterocycles. The average Bonchev–Trinajstić information content (AvgIpc) is 3.77. The Morgan fingerprint density at radius 3 is 2.36 bits per heavy atom. The Hall–Kier alpha value is -3.59. The van der Waals surface area contributed by atoms with Crippen LogP contribution in [0.5, 0.6) is 0 Å². The summed E-state index contributed by atoms with van der Waals surface area (Å²) in [7, 11) is -4.10. The van der Waals surface area contributed by atoms with Gasteiger partial charge in [0.15, 0.2) is 9.84 Å². The number of nitrogens with one attached hydrogen (secondary N) is 1. The summed E-state index contributed by atoms with van der Waals surface area (Å²) in [5.41, 5.74) is 0.432. The van der Waals surface area contributed by atoms with Crippen LogP contribution in [0.15, 0.2) is 41.2 Å². The van der Waals surface area contributed by atoms with Crippen molar-refractivity contribution in [3.8, 4) is 6.07 Å². The van der Waals surface area contributed by atoms with E-state index in [-0.39, 0.29) is 50.3 Å². The highest BCUT2D eigenvalue weighted by molar-refractivity contribution is 7.94. The second kappa shape index (κ2) is 8.23. The molecule has 2 fully saturated rings. The average molecular weight is 517 g/mol. The second-order valence-electron chi connectivity index (χ2n) is 9.49. The first-order valence-corrected chi connectivity index (χ1v) is 13.0. The molecule has 0 saturated heterocycles. The van der Waals surface area contributed by atoms with Crippen LogP contribution in [0.3, 0.4) is 0 Å². The molecule has 2 amide bonds. The van der Waals surface area contributed by atoms with Gasteiger partial charge >= 0.3 is 0 Å². The van der Waals surface area contributed by atoms with Gasteiger partial charge in [0, 0.05) is 32.6 Å².